The van der Waals surface area contributed by atoms with Crippen LogP contribution in [-0.2, 0) is 11.0 Å². The second-order valence-electron chi connectivity index (χ2n) is 8.16. The first-order valence-corrected chi connectivity index (χ1v) is 11.1. The van der Waals surface area contributed by atoms with Gasteiger partial charge in [0.2, 0.25) is 5.91 Å². The molecule has 0 radical (unpaired) electrons. The Hall–Kier alpha value is -3.82. The van der Waals surface area contributed by atoms with Gasteiger partial charge in [-0.1, -0.05) is 12.1 Å². The van der Waals surface area contributed by atoms with Crippen LogP contribution in [0.25, 0.3) is 11.3 Å². The molecule has 1 aliphatic heterocycles. The molecule has 1 saturated heterocycles. The molecule has 3 aromatic rings. The number of carbonyl (C=O) groups is 1. The number of nitrogens with zero attached hydrogens (tertiary/aromatic N) is 3. The predicted molar refractivity (Wildman–Crippen MR) is 126 cm³/mol. The van der Waals surface area contributed by atoms with Gasteiger partial charge in [0.1, 0.15) is 11.5 Å². The van der Waals surface area contributed by atoms with Crippen molar-refractivity contribution in [2.75, 3.05) is 37.5 Å². The summed E-state index contributed by atoms with van der Waals surface area (Å²) < 4.78 is 49.9. The molecular weight excluding hydrogens is 461 g/mol. The fourth-order valence-corrected chi connectivity index (χ4v) is 4.11. The number of hydrogen-bond acceptors (Lipinski definition) is 6. The molecule has 1 atom stereocenters. The van der Waals surface area contributed by atoms with Crippen LogP contribution in [0.15, 0.2) is 54.6 Å². The van der Waals surface area contributed by atoms with Crippen molar-refractivity contribution in [2.45, 2.75) is 19.0 Å². The number of halogens is 3. The van der Waals surface area contributed by atoms with E-state index in [0.29, 0.717) is 36.8 Å². The van der Waals surface area contributed by atoms with E-state index in [4.69, 9.17) is 9.47 Å². The largest absolute Gasteiger partial charge is 0.496 e. The summed E-state index contributed by atoms with van der Waals surface area (Å²) in [6.07, 6.45) is -3.19. The SMILES string of the molecule is COc1ccc(C(F)(F)F)cc1NC(=O)C1CCCN(c2ccc(-c3ccccc3OC)nn2)C1. The van der Waals surface area contributed by atoms with Crippen molar-refractivity contribution in [3.63, 3.8) is 0 Å². The van der Waals surface area contributed by atoms with Crippen molar-refractivity contribution < 1.29 is 27.4 Å². The Morgan fingerprint density at radius 2 is 1.80 bits per heavy atom. The number of aromatic nitrogens is 2. The lowest BCUT2D eigenvalue weighted by molar-refractivity contribution is -0.137. The highest BCUT2D eigenvalue weighted by atomic mass is 19.4. The van der Waals surface area contributed by atoms with Crippen LogP contribution in [-0.4, -0.2) is 43.4 Å². The van der Waals surface area contributed by atoms with E-state index >= 15 is 0 Å². The van der Waals surface area contributed by atoms with Crippen LogP contribution >= 0.6 is 0 Å². The molecule has 10 heteroatoms. The predicted octanol–water partition coefficient (Wildman–Crippen LogP) is 5.03. The lowest BCUT2D eigenvalue weighted by Gasteiger charge is -2.32. The maximum absolute atomic E-state index is 13.1. The van der Waals surface area contributed by atoms with E-state index in [1.54, 1.807) is 7.11 Å². The summed E-state index contributed by atoms with van der Waals surface area (Å²) in [4.78, 5) is 14.9. The third-order valence-corrected chi connectivity index (χ3v) is 5.93. The molecule has 0 bridgehead atoms. The maximum Gasteiger partial charge on any atom is 0.416 e. The Morgan fingerprint density at radius 1 is 1.03 bits per heavy atom. The van der Waals surface area contributed by atoms with Gasteiger partial charge in [0.15, 0.2) is 5.82 Å². The molecule has 184 valence electrons. The highest BCUT2D eigenvalue weighted by Gasteiger charge is 2.32. The van der Waals surface area contributed by atoms with Gasteiger partial charge in [-0.15, -0.1) is 10.2 Å². The smallest absolute Gasteiger partial charge is 0.416 e. The van der Waals surface area contributed by atoms with E-state index in [2.05, 4.69) is 15.5 Å². The first kappa shape index (κ1) is 24.3. The number of para-hydroxylation sites is 1. The summed E-state index contributed by atoms with van der Waals surface area (Å²) in [7, 11) is 2.93. The summed E-state index contributed by atoms with van der Waals surface area (Å²) >= 11 is 0. The molecule has 1 amide bonds. The third kappa shape index (κ3) is 5.47. The fourth-order valence-electron chi connectivity index (χ4n) is 4.11. The number of ether oxygens (including phenoxy) is 2. The second kappa shape index (κ2) is 10.2. The first-order chi connectivity index (χ1) is 16.8. The van der Waals surface area contributed by atoms with Crippen LogP contribution in [0.3, 0.4) is 0 Å². The van der Waals surface area contributed by atoms with Crippen molar-refractivity contribution >= 4 is 17.4 Å². The van der Waals surface area contributed by atoms with Gasteiger partial charge in [-0.3, -0.25) is 4.79 Å². The van der Waals surface area contributed by atoms with Crippen LogP contribution < -0.4 is 19.7 Å². The molecule has 2 heterocycles. The lowest BCUT2D eigenvalue weighted by Crippen LogP contribution is -2.41. The Balaban J connectivity index is 1.47. The molecule has 0 aliphatic carbocycles. The van der Waals surface area contributed by atoms with Gasteiger partial charge in [-0.05, 0) is 55.3 Å². The molecule has 1 aliphatic rings. The zero-order valence-corrected chi connectivity index (χ0v) is 19.3. The third-order valence-electron chi connectivity index (χ3n) is 5.93. The highest BCUT2D eigenvalue weighted by molar-refractivity contribution is 5.94. The summed E-state index contributed by atoms with van der Waals surface area (Å²) in [5.41, 5.74) is 0.615. The molecule has 0 saturated carbocycles. The van der Waals surface area contributed by atoms with Gasteiger partial charge in [-0.25, -0.2) is 0 Å². The number of amides is 1. The minimum Gasteiger partial charge on any atom is -0.496 e. The topological polar surface area (TPSA) is 76.6 Å². The van der Waals surface area contributed by atoms with E-state index in [-0.39, 0.29) is 17.3 Å². The summed E-state index contributed by atoms with van der Waals surface area (Å²) in [5.74, 6) is 0.675. The van der Waals surface area contributed by atoms with Crippen LogP contribution in [0.2, 0.25) is 0 Å². The number of methoxy groups -OCH3 is 2. The number of piperidine rings is 1. The number of carbonyl (C=O) groups excluding carboxylic acids is 1. The molecule has 1 fully saturated rings. The van der Waals surface area contributed by atoms with Crippen molar-refractivity contribution in [2.24, 2.45) is 5.92 Å². The van der Waals surface area contributed by atoms with Crippen LogP contribution in [0.5, 0.6) is 11.5 Å². The Labute approximate surface area is 200 Å². The number of alkyl halides is 3. The number of benzene rings is 2. The molecular formula is C25H25F3N4O3. The summed E-state index contributed by atoms with van der Waals surface area (Å²) in [6, 6.07) is 14.2. The summed E-state index contributed by atoms with van der Waals surface area (Å²) in [5, 5.41) is 11.3. The first-order valence-electron chi connectivity index (χ1n) is 11.1. The zero-order valence-electron chi connectivity index (χ0n) is 19.3. The number of rotatable bonds is 6. The number of nitrogens with one attached hydrogen (secondary N) is 1. The minimum absolute atomic E-state index is 0.00889. The molecule has 7 nitrogen and oxygen atoms in total. The van der Waals surface area contributed by atoms with Gasteiger partial charge < -0.3 is 19.7 Å². The normalized spacial score (nSPS) is 16.0. The monoisotopic (exact) mass is 486 g/mol. The Bertz CT molecular complexity index is 1190. The lowest BCUT2D eigenvalue weighted by atomic mass is 9.97. The molecule has 1 unspecified atom stereocenters. The second-order valence-corrected chi connectivity index (χ2v) is 8.16. The molecule has 4 rings (SSSR count). The highest BCUT2D eigenvalue weighted by Crippen LogP contribution is 2.35. The molecule has 35 heavy (non-hydrogen) atoms. The van der Waals surface area contributed by atoms with Gasteiger partial charge in [-0.2, -0.15) is 13.2 Å². The number of anilines is 2. The van der Waals surface area contributed by atoms with Gasteiger partial charge in [0.05, 0.1) is 37.1 Å². The van der Waals surface area contributed by atoms with Crippen LogP contribution in [0, 0.1) is 5.92 Å². The minimum atomic E-state index is -4.53. The van der Waals surface area contributed by atoms with Crippen molar-refractivity contribution in [1.82, 2.24) is 10.2 Å². The average Bonchev–Trinajstić information content (AvgIpc) is 2.88. The average molecular weight is 486 g/mol. The van der Waals surface area contributed by atoms with E-state index < -0.39 is 17.7 Å². The molecule has 0 spiro atoms. The van der Waals surface area contributed by atoms with E-state index in [1.165, 1.54) is 13.2 Å². The zero-order chi connectivity index (χ0) is 25.0. The van der Waals surface area contributed by atoms with E-state index in [9.17, 15) is 18.0 Å². The Kier molecular flexibility index (Phi) is 7.09. The van der Waals surface area contributed by atoms with Crippen molar-refractivity contribution in [1.29, 1.82) is 0 Å². The van der Waals surface area contributed by atoms with Crippen molar-refractivity contribution in [3.8, 4) is 22.8 Å². The van der Waals surface area contributed by atoms with Crippen LogP contribution in [0.4, 0.5) is 24.7 Å². The van der Waals surface area contributed by atoms with Crippen LogP contribution in [0.1, 0.15) is 18.4 Å². The van der Waals surface area contributed by atoms with Gasteiger partial charge in [0, 0.05) is 18.7 Å². The standard InChI is InChI=1S/C25H25F3N4O3/c1-34-21-8-4-3-7-18(21)19-10-12-23(31-30-19)32-13-5-6-16(15-32)24(33)29-20-14-17(25(26,27)28)9-11-22(20)35-2/h3-4,7-12,14,16H,5-6,13,15H2,1-2H3,(H,29,33). The van der Waals surface area contributed by atoms with E-state index in [0.717, 1.165) is 24.1 Å². The fraction of sp³-hybridized carbons (Fsp3) is 0.320. The Morgan fingerprint density at radius 3 is 2.49 bits per heavy atom. The van der Waals surface area contributed by atoms with Gasteiger partial charge in [0.25, 0.3) is 0 Å². The van der Waals surface area contributed by atoms with Gasteiger partial charge >= 0.3 is 6.18 Å². The molecule has 1 aromatic heterocycles. The maximum atomic E-state index is 13.1. The molecule has 1 N–H and O–H groups in total. The quantitative estimate of drug-likeness (QED) is 0.527. The van der Waals surface area contributed by atoms with Crippen molar-refractivity contribution in [3.05, 3.63) is 60.2 Å². The summed E-state index contributed by atoms with van der Waals surface area (Å²) in [6.45, 7) is 1.06. The molecule has 2 aromatic carbocycles. The van der Waals surface area contributed by atoms with E-state index in [1.807, 2.05) is 41.3 Å². The number of hydrogen-bond donors (Lipinski definition) is 1.